The van der Waals surface area contributed by atoms with Crippen LogP contribution in [-0.2, 0) is 7.05 Å². The molecule has 0 saturated carbocycles. The number of aryl methyl sites for hydroxylation is 1. The average molecular weight is 308 g/mol. The molecular weight excluding hydrogens is 288 g/mol. The molecule has 0 atom stereocenters. The van der Waals surface area contributed by atoms with Crippen molar-refractivity contribution in [3.05, 3.63) is 34.2 Å². The van der Waals surface area contributed by atoms with Gasteiger partial charge in [0.05, 0.1) is 10.5 Å². The van der Waals surface area contributed by atoms with Gasteiger partial charge in [0.1, 0.15) is 0 Å². The van der Waals surface area contributed by atoms with Crippen molar-refractivity contribution in [3.63, 3.8) is 0 Å². The van der Waals surface area contributed by atoms with Crippen molar-refractivity contribution >= 4 is 23.1 Å². The van der Waals surface area contributed by atoms with Crippen LogP contribution >= 0.6 is 12.2 Å². The number of nitrogens with zero attached hydrogens (tertiary/aromatic N) is 2. The zero-order valence-corrected chi connectivity index (χ0v) is 13.1. The molecule has 0 aliphatic carbocycles. The van der Waals surface area contributed by atoms with Crippen molar-refractivity contribution in [3.8, 4) is 0 Å². The molecule has 0 bridgehead atoms. The summed E-state index contributed by atoms with van der Waals surface area (Å²) < 4.78 is 1.41. The Kier molecular flexibility index (Phi) is 4.43. The van der Waals surface area contributed by atoms with Crippen molar-refractivity contribution < 1.29 is 4.79 Å². The molecule has 0 spiro atoms. The number of hydrogen-bond donors (Lipinski definition) is 2. The third-order valence-electron chi connectivity index (χ3n) is 4.03. The summed E-state index contributed by atoms with van der Waals surface area (Å²) in [7, 11) is 3.66. The van der Waals surface area contributed by atoms with Crippen LogP contribution in [0.2, 0.25) is 0 Å². The second kappa shape index (κ2) is 5.95. The van der Waals surface area contributed by atoms with E-state index >= 15 is 0 Å². The van der Waals surface area contributed by atoms with E-state index in [9.17, 15) is 9.59 Å². The first-order valence-corrected chi connectivity index (χ1v) is 7.22. The summed E-state index contributed by atoms with van der Waals surface area (Å²) in [5, 5.41) is 2.94. The van der Waals surface area contributed by atoms with Gasteiger partial charge in [0, 0.05) is 38.0 Å². The highest BCUT2D eigenvalue weighted by Crippen LogP contribution is 2.22. The van der Waals surface area contributed by atoms with E-state index in [1.165, 1.54) is 10.6 Å². The predicted molar refractivity (Wildman–Crippen MR) is 85.4 cm³/mol. The summed E-state index contributed by atoms with van der Waals surface area (Å²) in [6, 6.07) is 2.93. The second-order valence-corrected chi connectivity index (χ2v) is 6.01. The number of nitrogens with two attached hydrogens (primary N) is 1. The quantitative estimate of drug-likeness (QED) is 0.760. The number of piperidine rings is 1. The first kappa shape index (κ1) is 15.7. The molecule has 3 N–H and O–H groups in total. The number of carbonyl (C=O) groups is 1. The maximum absolute atomic E-state index is 12.4. The highest BCUT2D eigenvalue weighted by molar-refractivity contribution is 7.80. The van der Waals surface area contributed by atoms with Crippen LogP contribution in [0.3, 0.4) is 0 Å². The summed E-state index contributed by atoms with van der Waals surface area (Å²) in [5.41, 5.74) is 5.29. The Morgan fingerprint density at radius 3 is 2.52 bits per heavy atom. The van der Waals surface area contributed by atoms with E-state index in [0.29, 0.717) is 23.4 Å². The molecule has 1 aliphatic rings. The fraction of sp³-hybridized carbons (Fsp3) is 0.500. The van der Waals surface area contributed by atoms with Gasteiger partial charge in [-0.1, -0.05) is 12.2 Å². The Balaban J connectivity index is 2.21. The zero-order valence-electron chi connectivity index (χ0n) is 12.3. The number of pyridine rings is 1. The van der Waals surface area contributed by atoms with Crippen molar-refractivity contribution in [1.29, 1.82) is 0 Å². The molecule has 0 aromatic carbocycles. The molecular formula is C14H20N4O2S. The Morgan fingerprint density at radius 2 is 2.00 bits per heavy atom. The second-order valence-electron chi connectivity index (χ2n) is 5.57. The van der Waals surface area contributed by atoms with Gasteiger partial charge in [-0.25, -0.2) is 0 Å². The minimum Gasteiger partial charge on any atom is -0.391 e. The van der Waals surface area contributed by atoms with E-state index in [1.807, 2.05) is 7.05 Å². The van der Waals surface area contributed by atoms with Gasteiger partial charge in [-0.3, -0.25) is 9.59 Å². The number of rotatable bonds is 3. The average Bonchev–Trinajstić information content (AvgIpc) is 2.44. The standard InChI is InChI=1S/C14H20N4O2S/c1-17-7-4-14(5-8-17,13(15)21)16-12(20)10-3-6-18(2)11(19)9-10/h3,6,9H,4-5,7-8H2,1-2H3,(H2,15,21)(H,16,20). The van der Waals surface area contributed by atoms with Crippen molar-refractivity contribution in [2.75, 3.05) is 20.1 Å². The molecule has 0 unspecified atom stereocenters. The van der Waals surface area contributed by atoms with E-state index in [1.54, 1.807) is 19.3 Å². The molecule has 1 amide bonds. The van der Waals surface area contributed by atoms with E-state index < -0.39 is 5.54 Å². The van der Waals surface area contributed by atoms with Crippen molar-refractivity contribution in [1.82, 2.24) is 14.8 Å². The summed E-state index contributed by atoms with van der Waals surface area (Å²) in [4.78, 5) is 26.5. The lowest BCUT2D eigenvalue weighted by molar-refractivity contribution is 0.0890. The van der Waals surface area contributed by atoms with Gasteiger partial charge < -0.3 is 20.5 Å². The Bertz CT molecular complexity index is 618. The molecule has 6 nitrogen and oxygen atoms in total. The van der Waals surface area contributed by atoms with Crippen molar-refractivity contribution in [2.24, 2.45) is 12.8 Å². The molecule has 7 heteroatoms. The molecule has 1 aliphatic heterocycles. The molecule has 2 rings (SSSR count). The van der Waals surface area contributed by atoms with Crippen LogP contribution in [0.4, 0.5) is 0 Å². The third kappa shape index (κ3) is 3.30. The summed E-state index contributed by atoms with van der Waals surface area (Å²) in [6.07, 6.45) is 2.92. The smallest absolute Gasteiger partial charge is 0.252 e. The van der Waals surface area contributed by atoms with Gasteiger partial charge in [-0.05, 0) is 26.0 Å². The molecule has 1 aromatic rings. The van der Waals surface area contributed by atoms with E-state index in [-0.39, 0.29) is 11.5 Å². The number of hydrogen-bond acceptors (Lipinski definition) is 4. The van der Waals surface area contributed by atoms with E-state index in [2.05, 4.69) is 10.2 Å². The van der Waals surface area contributed by atoms with Gasteiger partial charge in [-0.2, -0.15) is 0 Å². The van der Waals surface area contributed by atoms with Crippen molar-refractivity contribution in [2.45, 2.75) is 18.4 Å². The van der Waals surface area contributed by atoms with Crippen LogP contribution in [0.1, 0.15) is 23.2 Å². The Labute approximate surface area is 128 Å². The molecule has 21 heavy (non-hydrogen) atoms. The topological polar surface area (TPSA) is 80.4 Å². The largest absolute Gasteiger partial charge is 0.391 e. The molecule has 0 radical (unpaired) electrons. The van der Waals surface area contributed by atoms with Crippen LogP contribution in [0.25, 0.3) is 0 Å². The SMILES string of the molecule is CN1CCC(NC(=O)c2ccn(C)c(=O)c2)(C(N)=S)CC1. The molecule has 1 fully saturated rings. The lowest BCUT2D eigenvalue weighted by Crippen LogP contribution is -2.61. The molecule has 114 valence electrons. The minimum atomic E-state index is -0.667. The number of nitrogens with one attached hydrogen (secondary N) is 1. The normalized spacial score (nSPS) is 18.2. The van der Waals surface area contributed by atoms with Gasteiger partial charge >= 0.3 is 0 Å². The monoisotopic (exact) mass is 308 g/mol. The molecule has 1 aromatic heterocycles. The highest BCUT2D eigenvalue weighted by Gasteiger charge is 2.38. The Morgan fingerprint density at radius 1 is 1.38 bits per heavy atom. The zero-order chi connectivity index (χ0) is 15.6. The van der Waals surface area contributed by atoms with Crippen LogP contribution < -0.4 is 16.6 Å². The first-order chi connectivity index (χ1) is 9.84. The molecule has 2 heterocycles. The lowest BCUT2D eigenvalue weighted by Gasteiger charge is -2.40. The number of likely N-dealkylation sites (tertiary alicyclic amines) is 1. The number of amides is 1. The van der Waals surface area contributed by atoms with Crippen LogP contribution in [0.15, 0.2) is 23.1 Å². The minimum absolute atomic E-state index is 0.226. The summed E-state index contributed by atoms with van der Waals surface area (Å²) in [5.74, 6) is -0.315. The maximum atomic E-state index is 12.4. The summed E-state index contributed by atoms with van der Waals surface area (Å²) in [6.45, 7) is 1.63. The van der Waals surface area contributed by atoms with Gasteiger partial charge in [0.15, 0.2) is 0 Å². The van der Waals surface area contributed by atoms with Crippen LogP contribution in [0, 0.1) is 0 Å². The third-order valence-corrected chi connectivity index (χ3v) is 4.42. The highest BCUT2D eigenvalue weighted by atomic mass is 32.1. The number of carbonyl (C=O) groups excluding carboxylic acids is 1. The first-order valence-electron chi connectivity index (χ1n) is 6.82. The fourth-order valence-corrected chi connectivity index (χ4v) is 2.67. The fourth-order valence-electron chi connectivity index (χ4n) is 2.41. The van der Waals surface area contributed by atoms with E-state index in [4.69, 9.17) is 18.0 Å². The van der Waals surface area contributed by atoms with Crippen LogP contribution in [0.5, 0.6) is 0 Å². The van der Waals surface area contributed by atoms with E-state index in [0.717, 1.165) is 13.1 Å². The predicted octanol–water partition coefficient (Wildman–Crippen LogP) is -0.134. The molecule has 1 saturated heterocycles. The van der Waals surface area contributed by atoms with Crippen LogP contribution in [-0.4, -0.2) is 46.0 Å². The van der Waals surface area contributed by atoms with Gasteiger partial charge in [-0.15, -0.1) is 0 Å². The maximum Gasteiger partial charge on any atom is 0.252 e. The van der Waals surface area contributed by atoms with Gasteiger partial charge in [0.2, 0.25) is 0 Å². The number of thiocarbonyl (C=S) groups is 1. The Hall–Kier alpha value is -1.73. The number of aromatic nitrogens is 1. The van der Waals surface area contributed by atoms with Gasteiger partial charge in [0.25, 0.3) is 11.5 Å². The summed E-state index contributed by atoms with van der Waals surface area (Å²) >= 11 is 5.16. The lowest BCUT2D eigenvalue weighted by atomic mass is 9.87.